The first-order valence-corrected chi connectivity index (χ1v) is 5.80. The third kappa shape index (κ3) is 5.31. The molecule has 0 saturated carbocycles. The lowest BCUT2D eigenvalue weighted by molar-refractivity contribution is -0.122. The first kappa shape index (κ1) is 13.5. The van der Waals surface area contributed by atoms with Crippen LogP contribution in [0.25, 0.3) is 0 Å². The second kappa shape index (κ2) is 6.86. The van der Waals surface area contributed by atoms with E-state index in [2.05, 4.69) is 5.32 Å². The molecule has 3 N–H and O–H groups in total. The predicted molar refractivity (Wildman–Crippen MR) is 70.6 cm³/mol. The Labute approximate surface area is 103 Å². The highest BCUT2D eigenvalue weighted by atomic mass is 16.2. The number of nitrogens with one attached hydrogen (secondary N) is 1. The summed E-state index contributed by atoms with van der Waals surface area (Å²) in [5.74, 6) is -0.105. The second-order valence-corrected chi connectivity index (χ2v) is 4.32. The molecular formula is C14H20N2O. The zero-order valence-electron chi connectivity index (χ0n) is 10.4. The van der Waals surface area contributed by atoms with Crippen LogP contribution < -0.4 is 11.1 Å². The van der Waals surface area contributed by atoms with Gasteiger partial charge in [-0.1, -0.05) is 42.0 Å². The van der Waals surface area contributed by atoms with Gasteiger partial charge in [0.05, 0.1) is 6.04 Å². The van der Waals surface area contributed by atoms with Crippen LogP contribution in [0.5, 0.6) is 0 Å². The smallest absolute Gasteiger partial charge is 0.237 e. The standard InChI is InChI=1S/C14H20N2O/c1-11(2)8-9-16-14(17)13(15)10-12-6-4-3-5-7-12/h3-8,13H,9-10,15H2,1-2H3,(H,16,17)/t13-/m0/s1. The number of hydrogen-bond acceptors (Lipinski definition) is 2. The van der Waals surface area contributed by atoms with Crippen molar-refractivity contribution in [3.63, 3.8) is 0 Å². The van der Waals surface area contributed by atoms with E-state index in [0.29, 0.717) is 13.0 Å². The van der Waals surface area contributed by atoms with Crippen molar-refractivity contribution in [3.8, 4) is 0 Å². The van der Waals surface area contributed by atoms with Gasteiger partial charge in [-0.3, -0.25) is 4.79 Å². The fraction of sp³-hybridized carbons (Fsp3) is 0.357. The van der Waals surface area contributed by atoms with Crippen molar-refractivity contribution in [2.45, 2.75) is 26.3 Å². The van der Waals surface area contributed by atoms with Crippen molar-refractivity contribution >= 4 is 5.91 Å². The Bertz CT molecular complexity index is 380. The maximum atomic E-state index is 11.7. The van der Waals surface area contributed by atoms with E-state index in [1.807, 2.05) is 50.3 Å². The van der Waals surface area contributed by atoms with Crippen molar-refractivity contribution < 1.29 is 4.79 Å². The largest absolute Gasteiger partial charge is 0.351 e. The Kier molecular flexibility index (Phi) is 5.43. The second-order valence-electron chi connectivity index (χ2n) is 4.32. The van der Waals surface area contributed by atoms with Crippen LogP contribution in [0.3, 0.4) is 0 Å². The van der Waals surface area contributed by atoms with Crippen molar-refractivity contribution in [2.24, 2.45) is 5.73 Å². The van der Waals surface area contributed by atoms with E-state index in [9.17, 15) is 4.79 Å². The van der Waals surface area contributed by atoms with Crippen LogP contribution in [-0.4, -0.2) is 18.5 Å². The Morgan fingerprint density at radius 1 is 1.35 bits per heavy atom. The molecule has 3 nitrogen and oxygen atoms in total. The number of nitrogens with two attached hydrogens (primary N) is 1. The van der Waals surface area contributed by atoms with Crippen LogP contribution >= 0.6 is 0 Å². The van der Waals surface area contributed by atoms with Crippen LogP contribution in [0.1, 0.15) is 19.4 Å². The fourth-order valence-electron chi connectivity index (χ4n) is 1.45. The van der Waals surface area contributed by atoms with E-state index in [0.717, 1.165) is 5.56 Å². The molecule has 92 valence electrons. The number of rotatable bonds is 5. The monoisotopic (exact) mass is 232 g/mol. The highest BCUT2D eigenvalue weighted by Gasteiger charge is 2.12. The molecule has 0 aromatic heterocycles. The van der Waals surface area contributed by atoms with E-state index in [1.54, 1.807) is 0 Å². The van der Waals surface area contributed by atoms with Gasteiger partial charge in [0, 0.05) is 6.54 Å². The molecule has 1 aromatic carbocycles. The maximum absolute atomic E-state index is 11.7. The van der Waals surface area contributed by atoms with E-state index in [1.165, 1.54) is 5.57 Å². The van der Waals surface area contributed by atoms with Crippen LogP contribution in [0.15, 0.2) is 42.0 Å². The van der Waals surface area contributed by atoms with E-state index < -0.39 is 6.04 Å². The van der Waals surface area contributed by atoms with Gasteiger partial charge in [0.25, 0.3) is 0 Å². The molecule has 0 saturated heterocycles. The van der Waals surface area contributed by atoms with Crippen molar-refractivity contribution in [1.29, 1.82) is 0 Å². The maximum Gasteiger partial charge on any atom is 0.237 e. The highest BCUT2D eigenvalue weighted by molar-refractivity contribution is 5.81. The Hall–Kier alpha value is -1.61. The van der Waals surface area contributed by atoms with Crippen LogP contribution in [-0.2, 0) is 11.2 Å². The zero-order valence-corrected chi connectivity index (χ0v) is 10.4. The van der Waals surface area contributed by atoms with Crippen LogP contribution in [0.4, 0.5) is 0 Å². The van der Waals surface area contributed by atoms with E-state index >= 15 is 0 Å². The quantitative estimate of drug-likeness (QED) is 0.758. The Morgan fingerprint density at radius 2 is 2.00 bits per heavy atom. The predicted octanol–water partition coefficient (Wildman–Crippen LogP) is 1.64. The number of hydrogen-bond donors (Lipinski definition) is 2. The van der Waals surface area contributed by atoms with E-state index in [-0.39, 0.29) is 5.91 Å². The molecule has 1 rings (SSSR count). The molecule has 0 aliphatic rings. The molecule has 0 aliphatic heterocycles. The Morgan fingerprint density at radius 3 is 2.59 bits per heavy atom. The summed E-state index contributed by atoms with van der Waals surface area (Å²) in [5.41, 5.74) is 8.10. The number of carbonyl (C=O) groups excluding carboxylic acids is 1. The summed E-state index contributed by atoms with van der Waals surface area (Å²) in [7, 11) is 0. The molecule has 0 aliphatic carbocycles. The summed E-state index contributed by atoms with van der Waals surface area (Å²) < 4.78 is 0. The molecule has 17 heavy (non-hydrogen) atoms. The lowest BCUT2D eigenvalue weighted by Crippen LogP contribution is -2.42. The molecule has 0 heterocycles. The van der Waals surface area contributed by atoms with Crippen LogP contribution in [0.2, 0.25) is 0 Å². The van der Waals surface area contributed by atoms with Gasteiger partial charge in [0.1, 0.15) is 0 Å². The third-order valence-electron chi connectivity index (χ3n) is 2.42. The summed E-state index contributed by atoms with van der Waals surface area (Å²) >= 11 is 0. The third-order valence-corrected chi connectivity index (χ3v) is 2.42. The van der Waals surface area contributed by atoms with Gasteiger partial charge >= 0.3 is 0 Å². The van der Waals surface area contributed by atoms with Gasteiger partial charge in [-0.25, -0.2) is 0 Å². The molecule has 0 fully saturated rings. The minimum Gasteiger partial charge on any atom is -0.351 e. The van der Waals surface area contributed by atoms with Crippen molar-refractivity contribution in [3.05, 3.63) is 47.5 Å². The van der Waals surface area contributed by atoms with Gasteiger partial charge in [0.2, 0.25) is 5.91 Å². The van der Waals surface area contributed by atoms with Gasteiger partial charge < -0.3 is 11.1 Å². The fourth-order valence-corrected chi connectivity index (χ4v) is 1.45. The summed E-state index contributed by atoms with van der Waals surface area (Å²) in [4.78, 5) is 11.7. The number of benzene rings is 1. The van der Waals surface area contributed by atoms with Crippen molar-refractivity contribution in [1.82, 2.24) is 5.32 Å². The summed E-state index contributed by atoms with van der Waals surface area (Å²) in [6.45, 7) is 4.54. The average molecular weight is 232 g/mol. The number of amides is 1. The normalized spacial score (nSPS) is 11.7. The molecule has 1 aromatic rings. The minimum absolute atomic E-state index is 0.105. The topological polar surface area (TPSA) is 55.1 Å². The lowest BCUT2D eigenvalue weighted by Gasteiger charge is -2.11. The average Bonchev–Trinajstić information content (AvgIpc) is 2.29. The molecule has 0 radical (unpaired) electrons. The number of carbonyl (C=O) groups is 1. The number of allylic oxidation sites excluding steroid dienone is 1. The molecule has 1 amide bonds. The molecule has 0 bridgehead atoms. The first-order valence-electron chi connectivity index (χ1n) is 5.80. The summed E-state index contributed by atoms with van der Waals surface area (Å²) in [5, 5.41) is 2.79. The van der Waals surface area contributed by atoms with Gasteiger partial charge in [-0.05, 0) is 25.8 Å². The van der Waals surface area contributed by atoms with Gasteiger partial charge in [0.15, 0.2) is 0 Å². The molecule has 0 unspecified atom stereocenters. The van der Waals surface area contributed by atoms with Crippen molar-refractivity contribution in [2.75, 3.05) is 6.54 Å². The lowest BCUT2D eigenvalue weighted by atomic mass is 10.1. The van der Waals surface area contributed by atoms with Gasteiger partial charge in [-0.2, -0.15) is 0 Å². The van der Waals surface area contributed by atoms with Crippen LogP contribution in [0, 0.1) is 0 Å². The molecule has 0 spiro atoms. The summed E-state index contributed by atoms with van der Waals surface area (Å²) in [6, 6.07) is 9.31. The molecule has 3 heteroatoms. The van der Waals surface area contributed by atoms with Gasteiger partial charge in [-0.15, -0.1) is 0 Å². The first-order chi connectivity index (χ1) is 8.09. The molecule has 1 atom stereocenters. The minimum atomic E-state index is -0.483. The zero-order chi connectivity index (χ0) is 12.7. The Balaban J connectivity index is 2.40. The highest BCUT2D eigenvalue weighted by Crippen LogP contribution is 2.01. The molecular weight excluding hydrogens is 212 g/mol. The summed E-state index contributed by atoms with van der Waals surface area (Å²) in [6.07, 6.45) is 2.54. The SMILES string of the molecule is CC(C)=CCNC(=O)[C@@H](N)Cc1ccccc1. The van der Waals surface area contributed by atoms with E-state index in [4.69, 9.17) is 5.73 Å².